The van der Waals surface area contributed by atoms with Crippen molar-refractivity contribution in [3.05, 3.63) is 69.7 Å². The van der Waals surface area contributed by atoms with Gasteiger partial charge in [0, 0.05) is 42.5 Å². The summed E-state index contributed by atoms with van der Waals surface area (Å²) >= 11 is 0. The Bertz CT molecular complexity index is 1300. The molecule has 0 aliphatic rings. The van der Waals surface area contributed by atoms with Gasteiger partial charge in [-0.1, -0.05) is 0 Å². The number of hydrogen-bond donors (Lipinski definition) is 2. The Balaban J connectivity index is 1.49. The molecule has 0 saturated heterocycles. The molecule has 3 heterocycles. The van der Waals surface area contributed by atoms with Crippen molar-refractivity contribution in [2.45, 2.75) is 26.7 Å². The van der Waals surface area contributed by atoms with Crippen LogP contribution in [0, 0.1) is 19.7 Å². The number of anilines is 1. The van der Waals surface area contributed by atoms with E-state index in [4.69, 9.17) is 0 Å². The van der Waals surface area contributed by atoms with E-state index < -0.39 is 5.82 Å². The molecule has 0 aliphatic heterocycles. The SMILES string of the molecule is Cc1nn(C)c2[nH]c(=O)c(CCC(=O)Nc3ccc(-n4cccn4)c(F)c3)c(C)c12. The second-order valence-corrected chi connectivity index (χ2v) is 7.16. The third-order valence-corrected chi connectivity index (χ3v) is 5.14. The molecule has 9 heteroatoms. The highest BCUT2D eigenvalue weighted by molar-refractivity contribution is 5.91. The lowest BCUT2D eigenvalue weighted by atomic mass is 10.0. The van der Waals surface area contributed by atoms with Crippen LogP contribution in [0.15, 0.2) is 41.5 Å². The van der Waals surface area contributed by atoms with Gasteiger partial charge in [0.25, 0.3) is 5.56 Å². The van der Waals surface area contributed by atoms with Gasteiger partial charge in [-0.2, -0.15) is 10.2 Å². The van der Waals surface area contributed by atoms with Crippen molar-refractivity contribution in [3.8, 4) is 5.69 Å². The first kappa shape index (κ1) is 19.6. The lowest BCUT2D eigenvalue weighted by Crippen LogP contribution is -2.19. The number of aromatic nitrogens is 5. The normalized spacial score (nSPS) is 11.2. The van der Waals surface area contributed by atoms with E-state index in [0.29, 0.717) is 22.6 Å². The average molecular weight is 408 g/mol. The van der Waals surface area contributed by atoms with Crippen molar-refractivity contribution in [2.75, 3.05) is 5.32 Å². The number of nitrogens with zero attached hydrogens (tertiary/aromatic N) is 4. The zero-order valence-corrected chi connectivity index (χ0v) is 16.9. The lowest BCUT2D eigenvalue weighted by molar-refractivity contribution is -0.116. The van der Waals surface area contributed by atoms with Gasteiger partial charge in [0.2, 0.25) is 5.91 Å². The summed E-state index contributed by atoms with van der Waals surface area (Å²) in [6.07, 6.45) is 3.56. The number of halogens is 1. The number of nitrogens with one attached hydrogen (secondary N) is 2. The molecule has 154 valence electrons. The summed E-state index contributed by atoms with van der Waals surface area (Å²) in [6, 6.07) is 6.11. The number of aryl methyl sites for hydroxylation is 3. The Labute approximate surface area is 171 Å². The minimum absolute atomic E-state index is 0.0945. The van der Waals surface area contributed by atoms with Crippen LogP contribution < -0.4 is 10.9 Å². The topological polar surface area (TPSA) is 97.6 Å². The standard InChI is InChI=1S/C21H21FN6O2/c1-12-15(21(30)25-20-19(12)13(2)26-27(20)3)6-8-18(29)24-14-5-7-17(16(22)11-14)28-10-4-9-23-28/h4-5,7,9-11H,6,8H2,1-3H3,(H,24,29)(H,25,30). The first-order chi connectivity index (χ1) is 14.3. The molecule has 1 aromatic carbocycles. The van der Waals surface area contributed by atoms with Crippen molar-refractivity contribution < 1.29 is 9.18 Å². The highest BCUT2D eigenvalue weighted by atomic mass is 19.1. The van der Waals surface area contributed by atoms with Gasteiger partial charge in [-0.05, 0) is 50.1 Å². The number of carbonyl (C=O) groups excluding carboxylic acids is 1. The summed E-state index contributed by atoms with van der Waals surface area (Å²) in [6.45, 7) is 3.74. The second-order valence-electron chi connectivity index (χ2n) is 7.16. The Morgan fingerprint density at radius 1 is 1.30 bits per heavy atom. The Hall–Kier alpha value is -3.75. The van der Waals surface area contributed by atoms with E-state index in [0.717, 1.165) is 16.6 Å². The van der Waals surface area contributed by atoms with Gasteiger partial charge in [-0.3, -0.25) is 14.3 Å². The van der Waals surface area contributed by atoms with Gasteiger partial charge in [-0.15, -0.1) is 0 Å². The smallest absolute Gasteiger partial charge is 0.253 e. The molecule has 2 N–H and O–H groups in total. The number of carbonyl (C=O) groups is 1. The second kappa shape index (κ2) is 7.58. The first-order valence-electron chi connectivity index (χ1n) is 9.49. The third kappa shape index (κ3) is 3.49. The highest BCUT2D eigenvalue weighted by Gasteiger charge is 2.16. The van der Waals surface area contributed by atoms with Crippen LogP contribution in [-0.4, -0.2) is 30.5 Å². The van der Waals surface area contributed by atoms with Crippen LogP contribution in [0.25, 0.3) is 16.7 Å². The van der Waals surface area contributed by atoms with E-state index >= 15 is 0 Å². The Kier molecular flexibility index (Phi) is 4.94. The van der Waals surface area contributed by atoms with Crippen molar-refractivity contribution >= 4 is 22.6 Å². The molecule has 1 amide bonds. The van der Waals surface area contributed by atoms with Gasteiger partial charge in [-0.25, -0.2) is 9.07 Å². The molecule has 0 spiro atoms. The van der Waals surface area contributed by atoms with E-state index in [1.165, 1.54) is 10.7 Å². The fraction of sp³-hybridized carbons (Fsp3) is 0.238. The number of fused-ring (bicyclic) bond motifs is 1. The fourth-order valence-electron chi connectivity index (χ4n) is 3.70. The summed E-state index contributed by atoms with van der Waals surface area (Å²) in [5, 5.41) is 11.9. The van der Waals surface area contributed by atoms with Gasteiger partial charge in [0.15, 0.2) is 5.82 Å². The molecule has 0 fully saturated rings. The third-order valence-electron chi connectivity index (χ3n) is 5.14. The number of rotatable bonds is 5. The molecule has 0 bridgehead atoms. The average Bonchev–Trinajstić information content (AvgIpc) is 3.30. The van der Waals surface area contributed by atoms with Crippen molar-refractivity contribution in [1.29, 1.82) is 0 Å². The molecule has 0 atom stereocenters. The summed E-state index contributed by atoms with van der Waals surface area (Å²) < 4.78 is 17.4. The minimum atomic E-state index is -0.499. The number of benzene rings is 1. The molecule has 0 aliphatic carbocycles. The molecule has 4 rings (SSSR count). The van der Waals surface area contributed by atoms with E-state index in [9.17, 15) is 14.0 Å². The van der Waals surface area contributed by atoms with E-state index in [2.05, 4.69) is 20.5 Å². The van der Waals surface area contributed by atoms with Crippen molar-refractivity contribution in [3.63, 3.8) is 0 Å². The van der Waals surface area contributed by atoms with Gasteiger partial charge >= 0.3 is 0 Å². The number of pyridine rings is 1. The van der Waals surface area contributed by atoms with E-state index in [1.54, 1.807) is 42.3 Å². The maximum Gasteiger partial charge on any atom is 0.253 e. The predicted molar refractivity (Wildman–Crippen MR) is 111 cm³/mol. The molecular formula is C21H21FN6O2. The Morgan fingerprint density at radius 2 is 2.10 bits per heavy atom. The first-order valence-corrected chi connectivity index (χ1v) is 9.49. The van der Waals surface area contributed by atoms with E-state index in [1.807, 2.05) is 13.8 Å². The van der Waals surface area contributed by atoms with Crippen LogP contribution in [0.4, 0.5) is 10.1 Å². The summed E-state index contributed by atoms with van der Waals surface area (Å²) in [5.74, 6) is -0.802. The zero-order valence-electron chi connectivity index (χ0n) is 16.9. The van der Waals surface area contributed by atoms with Gasteiger partial charge in [0.1, 0.15) is 11.3 Å². The van der Waals surface area contributed by atoms with Crippen molar-refractivity contribution in [2.24, 2.45) is 7.05 Å². The highest BCUT2D eigenvalue weighted by Crippen LogP contribution is 2.22. The molecule has 0 unspecified atom stereocenters. The van der Waals surface area contributed by atoms with Crippen LogP contribution in [0.3, 0.4) is 0 Å². The molecule has 4 aromatic rings. The predicted octanol–water partition coefficient (Wildman–Crippen LogP) is 2.77. The van der Waals surface area contributed by atoms with Gasteiger partial charge in [0.05, 0.1) is 5.69 Å². The number of amides is 1. The maximum absolute atomic E-state index is 14.3. The minimum Gasteiger partial charge on any atom is -0.326 e. The lowest BCUT2D eigenvalue weighted by Gasteiger charge is -2.09. The van der Waals surface area contributed by atoms with Crippen LogP contribution in [-0.2, 0) is 18.3 Å². The van der Waals surface area contributed by atoms with Crippen molar-refractivity contribution in [1.82, 2.24) is 24.5 Å². The summed E-state index contributed by atoms with van der Waals surface area (Å²) in [7, 11) is 1.77. The molecular weight excluding hydrogens is 387 g/mol. The summed E-state index contributed by atoms with van der Waals surface area (Å²) in [4.78, 5) is 27.7. The van der Waals surface area contributed by atoms with Crippen LogP contribution in [0.1, 0.15) is 23.2 Å². The quantitative estimate of drug-likeness (QED) is 0.531. The van der Waals surface area contributed by atoms with Crippen LogP contribution >= 0.6 is 0 Å². The molecule has 30 heavy (non-hydrogen) atoms. The Morgan fingerprint density at radius 3 is 2.80 bits per heavy atom. The van der Waals surface area contributed by atoms with Crippen LogP contribution in [0.2, 0.25) is 0 Å². The maximum atomic E-state index is 14.3. The fourth-order valence-corrected chi connectivity index (χ4v) is 3.70. The monoisotopic (exact) mass is 408 g/mol. The largest absolute Gasteiger partial charge is 0.326 e. The van der Waals surface area contributed by atoms with E-state index in [-0.39, 0.29) is 24.3 Å². The summed E-state index contributed by atoms with van der Waals surface area (Å²) in [5.41, 5.74) is 3.26. The molecule has 0 radical (unpaired) electrons. The molecule has 8 nitrogen and oxygen atoms in total. The number of aromatic amines is 1. The molecule has 3 aromatic heterocycles. The zero-order chi connectivity index (χ0) is 21.4. The molecule has 0 saturated carbocycles. The van der Waals surface area contributed by atoms with Gasteiger partial charge < -0.3 is 10.3 Å². The number of H-pyrrole nitrogens is 1. The number of hydrogen-bond acceptors (Lipinski definition) is 4. The van der Waals surface area contributed by atoms with Crippen LogP contribution in [0.5, 0.6) is 0 Å².